The van der Waals surface area contributed by atoms with Crippen LogP contribution in [-0.2, 0) is 4.84 Å². The lowest BCUT2D eigenvalue weighted by molar-refractivity contribution is 0.0435. The van der Waals surface area contributed by atoms with Gasteiger partial charge in [0.05, 0.1) is 0 Å². The minimum atomic E-state index is -0.0181. The van der Waals surface area contributed by atoms with Gasteiger partial charge >= 0.3 is 0 Å². The third-order valence-electron chi connectivity index (χ3n) is 1.50. The summed E-state index contributed by atoms with van der Waals surface area (Å²) in [5.41, 5.74) is 0. The van der Waals surface area contributed by atoms with E-state index >= 15 is 0 Å². The first-order chi connectivity index (χ1) is 5.35. The van der Waals surface area contributed by atoms with Crippen molar-refractivity contribution in [2.24, 2.45) is 5.34 Å². The van der Waals surface area contributed by atoms with Crippen LogP contribution in [0.4, 0.5) is 0 Å². The second-order valence-electron chi connectivity index (χ2n) is 2.46. The summed E-state index contributed by atoms with van der Waals surface area (Å²) < 4.78 is 0. The molecule has 1 unspecified atom stereocenters. The first-order valence-corrected chi connectivity index (χ1v) is 3.94. The molecular weight excluding hydrogens is 142 g/mol. The SMILES string of the molecule is C=CCCC(CCC)ON=O. The second kappa shape index (κ2) is 7.25. The van der Waals surface area contributed by atoms with Crippen LogP contribution in [0.2, 0.25) is 0 Å². The molecule has 64 valence electrons. The maximum absolute atomic E-state index is 9.76. The van der Waals surface area contributed by atoms with Gasteiger partial charge in [-0.15, -0.1) is 11.5 Å². The van der Waals surface area contributed by atoms with E-state index in [-0.39, 0.29) is 6.10 Å². The summed E-state index contributed by atoms with van der Waals surface area (Å²) in [6.07, 6.45) is 5.41. The van der Waals surface area contributed by atoms with Gasteiger partial charge in [-0.25, -0.2) is 0 Å². The number of hydrogen-bond acceptors (Lipinski definition) is 3. The summed E-state index contributed by atoms with van der Waals surface area (Å²) in [5, 5.41) is 2.42. The van der Waals surface area contributed by atoms with Crippen LogP contribution in [0.5, 0.6) is 0 Å². The first-order valence-electron chi connectivity index (χ1n) is 3.94. The molecule has 0 N–H and O–H groups in total. The number of allylic oxidation sites excluding steroid dienone is 1. The average Bonchev–Trinajstić information content (AvgIpc) is 2.01. The smallest absolute Gasteiger partial charge is 0.155 e. The van der Waals surface area contributed by atoms with Gasteiger partial charge in [-0.05, 0) is 19.3 Å². The molecule has 0 aliphatic heterocycles. The molecule has 0 aromatic carbocycles. The molecule has 0 radical (unpaired) electrons. The lowest BCUT2D eigenvalue weighted by atomic mass is 10.1. The maximum atomic E-state index is 9.76. The van der Waals surface area contributed by atoms with Gasteiger partial charge in [0, 0.05) is 0 Å². The van der Waals surface area contributed by atoms with E-state index in [0.29, 0.717) is 0 Å². The van der Waals surface area contributed by atoms with Gasteiger partial charge in [0.2, 0.25) is 0 Å². The molecule has 0 aliphatic carbocycles. The number of rotatable bonds is 7. The Bertz CT molecular complexity index is 115. The molecular formula is C8H15NO2. The van der Waals surface area contributed by atoms with Crippen molar-refractivity contribution in [3.63, 3.8) is 0 Å². The lowest BCUT2D eigenvalue weighted by Gasteiger charge is -2.09. The van der Waals surface area contributed by atoms with E-state index in [1.807, 2.05) is 6.08 Å². The molecule has 0 rings (SSSR count). The second-order valence-corrected chi connectivity index (χ2v) is 2.46. The number of nitrogens with zero attached hydrogens (tertiary/aromatic N) is 1. The predicted octanol–water partition coefficient (Wildman–Crippen LogP) is 2.82. The molecule has 0 amide bonds. The van der Waals surface area contributed by atoms with Gasteiger partial charge in [0.15, 0.2) is 5.34 Å². The molecule has 0 saturated heterocycles. The summed E-state index contributed by atoms with van der Waals surface area (Å²) >= 11 is 0. The van der Waals surface area contributed by atoms with E-state index in [2.05, 4.69) is 23.7 Å². The molecule has 3 nitrogen and oxygen atoms in total. The first kappa shape index (κ1) is 10.1. The zero-order valence-electron chi connectivity index (χ0n) is 6.95. The van der Waals surface area contributed by atoms with Gasteiger partial charge in [-0.3, -0.25) is 0 Å². The largest absolute Gasteiger partial charge is 0.361 e. The fourth-order valence-electron chi connectivity index (χ4n) is 0.936. The molecule has 1 atom stereocenters. The number of hydrogen-bond donors (Lipinski definition) is 0. The van der Waals surface area contributed by atoms with Gasteiger partial charge in [0.1, 0.15) is 6.10 Å². The molecule has 11 heavy (non-hydrogen) atoms. The van der Waals surface area contributed by atoms with Crippen LogP contribution in [0, 0.1) is 4.91 Å². The van der Waals surface area contributed by atoms with Gasteiger partial charge in [0.25, 0.3) is 0 Å². The van der Waals surface area contributed by atoms with Crippen molar-refractivity contribution in [2.45, 2.75) is 38.7 Å². The Morgan fingerprint density at radius 1 is 1.64 bits per heavy atom. The minimum absolute atomic E-state index is 0.0181. The van der Waals surface area contributed by atoms with Crippen molar-refractivity contribution in [2.75, 3.05) is 0 Å². The highest BCUT2D eigenvalue weighted by Gasteiger charge is 2.06. The molecule has 0 bridgehead atoms. The highest BCUT2D eigenvalue weighted by Crippen LogP contribution is 2.09. The third-order valence-corrected chi connectivity index (χ3v) is 1.50. The van der Waals surface area contributed by atoms with E-state index in [0.717, 1.165) is 25.7 Å². The maximum Gasteiger partial charge on any atom is 0.155 e. The van der Waals surface area contributed by atoms with Crippen molar-refractivity contribution < 1.29 is 4.84 Å². The Labute approximate surface area is 67.4 Å². The van der Waals surface area contributed by atoms with E-state index in [1.165, 1.54) is 0 Å². The summed E-state index contributed by atoms with van der Waals surface area (Å²) in [7, 11) is 0. The summed E-state index contributed by atoms with van der Waals surface area (Å²) in [5.74, 6) is 0. The zero-order chi connectivity index (χ0) is 8.53. The van der Waals surface area contributed by atoms with Gasteiger partial charge < -0.3 is 4.84 Å². The molecule has 0 heterocycles. The Kier molecular flexibility index (Phi) is 6.68. The van der Waals surface area contributed by atoms with Gasteiger partial charge in [-0.2, -0.15) is 0 Å². The van der Waals surface area contributed by atoms with E-state index < -0.39 is 0 Å². The molecule has 0 fully saturated rings. The molecule has 3 heteroatoms. The summed E-state index contributed by atoms with van der Waals surface area (Å²) in [6.45, 7) is 5.64. The summed E-state index contributed by atoms with van der Waals surface area (Å²) in [6, 6.07) is 0. The Morgan fingerprint density at radius 3 is 2.82 bits per heavy atom. The van der Waals surface area contributed by atoms with Crippen LogP contribution in [0.15, 0.2) is 18.0 Å². The quantitative estimate of drug-likeness (QED) is 0.324. The van der Waals surface area contributed by atoms with Crippen molar-refractivity contribution in [3.05, 3.63) is 17.6 Å². The average molecular weight is 157 g/mol. The normalized spacial score (nSPS) is 12.1. The van der Waals surface area contributed by atoms with Crippen LogP contribution >= 0.6 is 0 Å². The topological polar surface area (TPSA) is 38.7 Å². The van der Waals surface area contributed by atoms with Crippen LogP contribution in [-0.4, -0.2) is 6.10 Å². The molecule has 0 aromatic heterocycles. The standard InChI is InChI=1S/C8H15NO2/c1-3-5-7-8(6-4-2)11-9-10/h3,8H,1,4-7H2,2H3. The molecule has 0 saturated carbocycles. The highest BCUT2D eigenvalue weighted by atomic mass is 16.7. The lowest BCUT2D eigenvalue weighted by Crippen LogP contribution is -2.08. The predicted molar refractivity (Wildman–Crippen MR) is 45.0 cm³/mol. The van der Waals surface area contributed by atoms with E-state index in [4.69, 9.17) is 0 Å². The van der Waals surface area contributed by atoms with E-state index in [9.17, 15) is 4.91 Å². The van der Waals surface area contributed by atoms with Crippen LogP contribution in [0.3, 0.4) is 0 Å². The van der Waals surface area contributed by atoms with Crippen LogP contribution in [0.25, 0.3) is 0 Å². The molecule has 0 aromatic rings. The zero-order valence-corrected chi connectivity index (χ0v) is 6.95. The Morgan fingerprint density at radius 2 is 2.36 bits per heavy atom. The monoisotopic (exact) mass is 157 g/mol. The fraction of sp³-hybridized carbons (Fsp3) is 0.750. The van der Waals surface area contributed by atoms with Crippen LogP contribution < -0.4 is 0 Å². The van der Waals surface area contributed by atoms with Crippen molar-refractivity contribution in [1.29, 1.82) is 0 Å². The molecule has 0 aliphatic rings. The Balaban J connectivity index is 3.49. The van der Waals surface area contributed by atoms with Crippen molar-refractivity contribution >= 4 is 0 Å². The van der Waals surface area contributed by atoms with Crippen LogP contribution in [0.1, 0.15) is 32.6 Å². The summed E-state index contributed by atoms with van der Waals surface area (Å²) in [4.78, 5) is 14.4. The Hall–Kier alpha value is -0.860. The van der Waals surface area contributed by atoms with E-state index in [1.54, 1.807) is 0 Å². The highest BCUT2D eigenvalue weighted by molar-refractivity contribution is 4.69. The van der Waals surface area contributed by atoms with Gasteiger partial charge in [-0.1, -0.05) is 19.4 Å². The van der Waals surface area contributed by atoms with Crippen molar-refractivity contribution in [3.8, 4) is 0 Å². The fourth-order valence-corrected chi connectivity index (χ4v) is 0.936. The molecule has 0 spiro atoms. The van der Waals surface area contributed by atoms with Crippen molar-refractivity contribution in [1.82, 2.24) is 0 Å². The minimum Gasteiger partial charge on any atom is -0.361 e. The third kappa shape index (κ3) is 5.58.